The van der Waals surface area contributed by atoms with Crippen LogP contribution in [0.25, 0.3) is 5.69 Å². The molecule has 2 aromatic carbocycles. The highest BCUT2D eigenvalue weighted by Crippen LogP contribution is 2.33. The van der Waals surface area contributed by atoms with E-state index in [0.717, 1.165) is 42.4 Å². The Morgan fingerprint density at radius 3 is 2.28 bits per heavy atom. The largest absolute Gasteiger partial charge is 0.497 e. The van der Waals surface area contributed by atoms with E-state index >= 15 is 0 Å². The minimum absolute atomic E-state index is 0.549. The van der Waals surface area contributed by atoms with Crippen LogP contribution in [0.15, 0.2) is 36.4 Å². The minimum Gasteiger partial charge on any atom is -0.497 e. The van der Waals surface area contributed by atoms with Gasteiger partial charge in [0.2, 0.25) is 4.77 Å². The molecule has 1 aliphatic heterocycles. The maximum Gasteiger partial charge on any atom is 0.221 e. The molecule has 0 amide bonds. The van der Waals surface area contributed by atoms with Gasteiger partial charge in [0.15, 0.2) is 11.5 Å². The second-order valence-electron chi connectivity index (χ2n) is 6.79. The number of ether oxygens (including phenoxy) is 3. The van der Waals surface area contributed by atoms with Crippen LogP contribution in [0.5, 0.6) is 17.2 Å². The zero-order valence-electron chi connectivity index (χ0n) is 16.7. The molecule has 29 heavy (non-hydrogen) atoms. The van der Waals surface area contributed by atoms with E-state index in [1.165, 1.54) is 11.1 Å². The summed E-state index contributed by atoms with van der Waals surface area (Å²) in [5, 5.41) is 8.48. The van der Waals surface area contributed by atoms with Crippen LogP contribution in [-0.4, -0.2) is 52.6 Å². The molecule has 0 atom stereocenters. The molecule has 1 aliphatic rings. The Bertz CT molecular complexity index is 1060. The second kappa shape index (κ2) is 8.22. The molecule has 0 radical (unpaired) electrons. The molecule has 0 aliphatic carbocycles. The van der Waals surface area contributed by atoms with Crippen LogP contribution in [0, 0.1) is 4.77 Å². The molecule has 152 valence electrons. The monoisotopic (exact) mass is 413 g/mol. The average molecular weight is 414 g/mol. The van der Waals surface area contributed by atoms with Gasteiger partial charge in [-0.15, -0.1) is 0 Å². The molecular formula is C20H23N5O3S. The van der Waals surface area contributed by atoms with Crippen LogP contribution < -0.4 is 14.2 Å². The standard InChI is InChI=1S/C20H23N5O3S/c1-26-17-6-4-16(5-7-17)25-20(29)24(21-22-25)13-23-9-8-14-10-18(27-2)19(28-3)11-15(14)12-23/h4-7,10-11H,8-9,12-13H2,1-3H3. The van der Waals surface area contributed by atoms with Gasteiger partial charge < -0.3 is 14.2 Å². The molecule has 8 nitrogen and oxygen atoms in total. The Hall–Kier alpha value is -2.91. The predicted molar refractivity (Wildman–Crippen MR) is 110 cm³/mol. The fourth-order valence-corrected chi connectivity index (χ4v) is 3.74. The van der Waals surface area contributed by atoms with Crippen molar-refractivity contribution in [2.24, 2.45) is 0 Å². The van der Waals surface area contributed by atoms with Crippen LogP contribution in [0.1, 0.15) is 11.1 Å². The van der Waals surface area contributed by atoms with E-state index in [2.05, 4.69) is 21.4 Å². The molecule has 0 fully saturated rings. The lowest BCUT2D eigenvalue weighted by atomic mass is 9.99. The highest BCUT2D eigenvalue weighted by atomic mass is 32.1. The number of rotatable bonds is 6. The van der Waals surface area contributed by atoms with Crippen LogP contribution in [0.4, 0.5) is 0 Å². The van der Waals surface area contributed by atoms with Crippen LogP contribution >= 0.6 is 12.2 Å². The summed E-state index contributed by atoms with van der Waals surface area (Å²) >= 11 is 5.59. The van der Waals surface area contributed by atoms with Gasteiger partial charge in [0.25, 0.3) is 0 Å². The summed E-state index contributed by atoms with van der Waals surface area (Å²) in [6.07, 6.45) is 0.926. The van der Waals surface area contributed by atoms with Gasteiger partial charge in [0.1, 0.15) is 5.75 Å². The van der Waals surface area contributed by atoms with E-state index in [-0.39, 0.29) is 0 Å². The Morgan fingerprint density at radius 1 is 0.931 bits per heavy atom. The van der Waals surface area contributed by atoms with E-state index in [1.54, 1.807) is 30.7 Å². The summed E-state index contributed by atoms with van der Waals surface area (Å²) in [7, 11) is 4.95. The minimum atomic E-state index is 0.549. The van der Waals surface area contributed by atoms with Crippen LogP contribution in [-0.2, 0) is 19.6 Å². The number of tetrazole rings is 1. The Labute approximate surface area is 174 Å². The highest BCUT2D eigenvalue weighted by Gasteiger charge is 2.20. The van der Waals surface area contributed by atoms with Crippen molar-refractivity contribution < 1.29 is 14.2 Å². The van der Waals surface area contributed by atoms with Crippen molar-refractivity contribution >= 4 is 12.2 Å². The van der Waals surface area contributed by atoms with E-state index < -0.39 is 0 Å². The molecule has 0 saturated carbocycles. The van der Waals surface area contributed by atoms with Crippen molar-refractivity contribution in [2.75, 3.05) is 27.9 Å². The van der Waals surface area contributed by atoms with Crippen molar-refractivity contribution in [3.8, 4) is 22.9 Å². The van der Waals surface area contributed by atoms with Gasteiger partial charge in [-0.2, -0.15) is 4.68 Å². The third kappa shape index (κ3) is 3.83. The van der Waals surface area contributed by atoms with Crippen molar-refractivity contribution in [1.82, 2.24) is 24.7 Å². The molecule has 4 rings (SSSR count). The SMILES string of the molecule is COc1ccc(-n2nnn(CN3CCc4cc(OC)c(OC)cc4C3)c2=S)cc1. The first-order chi connectivity index (χ1) is 14.1. The predicted octanol–water partition coefficient (Wildman–Crippen LogP) is 2.84. The van der Waals surface area contributed by atoms with E-state index in [0.29, 0.717) is 11.4 Å². The van der Waals surface area contributed by atoms with E-state index in [9.17, 15) is 0 Å². The summed E-state index contributed by atoms with van der Waals surface area (Å²) in [6, 6.07) is 11.7. The zero-order valence-corrected chi connectivity index (χ0v) is 17.5. The maximum atomic E-state index is 5.59. The molecule has 0 unspecified atom stereocenters. The second-order valence-corrected chi connectivity index (χ2v) is 7.16. The van der Waals surface area contributed by atoms with Gasteiger partial charge >= 0.3 is 0 Å². The molecule has 0 saturated heterocycles. The Morgan fingerprint density at radius 2 is 1.62 bits per heavy atom. The molecule has 9 heteroatoms. The lowest BCUT2D eigenvalue weighted by molar-refractivity contribution is 0.186. The lowest BCUT2D eigenvalue weighted by Gasteiger charge is -2.29. The summed E-state index contributed by atoms with van der Waals surface area (Å²) in [6.45, 7) is 2.26. The van der Waals surface area contributed by atoms with Crippen molar-refractivity contribution in [3.63, 3.8) is 0 Å². The number of hydrogen-bond acceptors (Lipinski definition) is 7. The summed E-state index contributed by atoms with van der Waals surface area (Å²) in [4.78, 5) is 2.29. The number of fused-ring (bicyclic) bond motifs is 1. The third-order valence-corrected chi connectivity index (χ3v) is 5.47. The normalized spacial score (nSPS) is 13.8. The fourth-order valence-electron chi connectivity index (χ4n) is 3.50. The van der Waals surface area contributed by atoms with Gasteiger partial charge in [0.05, 0.1) is 33.7 Å². The molecule has 0 N–H and O–H groups in total. The van der Waals surface area contributed by atoms with Crippen molar-refractivity contribution in [1.29, 1.82) is 0 Å². The number of nitrogens with zero attached hydrogens (tertiary/aromatic N) is 5. The van der Waals surface area contributed by atoms with Crippen LogP contribution in [0.2, 0.25) is 0 Å². The number of aromatic nitrogens is 4. The molecule has 3 aromatic rings. The molecule has 2 heterocycles. The van der Waals surface area contributed by atoms with Crippen molar-refractivity contribution in [3.05, 3.63) is 52.3 Å². The van der Waals surface area contributed by atoms with Gasteiger partial charge in [-0.1, -0.05) is 0 Å². The van der Waals surface area contributed by atoms with Gasteiger partial charge in [-0.25, -0.2) is 4.68 Å². The van der Waals surface area contributed by atoms with Crippen LogP contribution in [0.3, 0.4) is 0 Å². The zero-order chi connectivity index (χ0) is 20.4. The highest BCUT2D eigenvalue weighted by molar-refractivity contribution is 7.71. The number of hydrogen-bond donors (Lipinski definition) is 0. The third-order valence-electron chi connectivity index (χ3n) is 5.09. The van der Waals surface area contributed by atoms with Gasteiger partial charge in [0, 0.05) is 13.1 Å². The lowest BCUT2D eigenvalue weighted by Crippen LogP contribution is -2.33. The summed E-state index contributed by atoms with van der Waals surface area (Å²) < 4.78 is 20.0. The molecule has 0 spiro atoms. The summed E-state index contributed by atoms with van der Waals surface area (Å²) in [5.41, 5.74) is 3.36. The topological polar surface area (TPSA) is 66.6 Å². The smallest absolute Gasteiger partial charge is 0.221 e. The molecular weight excluding hydrogens is 390 g/mol. The molecule has 1 aromatic heterocycles. The maximum absolute atomic E-state index is 5.59. The van der Waals surface area contributed by atoms with E-state index in [1.807, 2.05) is 30.3 Å². The quantitative estimate of drug-likeness (QED) is 0.576. The van der Waals surface area contributed by atoms with E-state index in [4.69, 9.17) is 26.4 Å². The molecule has 0 bridgehead atoms. The van der Waals surface area contributed by atoms with Gasteiger partial charge in [-0.3, -0.25) is 4.90 Å². The number of benzene rings is 2. The summed E-state index contributed by atoms with van der Waals surface area (Å²) in [5.74, 6) is 2.30. The average Bonchev–Trinajstić information content (AvgIpc) is 3.12. The first kappa shape index (κ1) is 19.4. The van der Waals surface area contributed by atoms with Crippen molar-refractivity contribution in [2.45, 2.75) is 19.6 Å². The Balaban J connectivity index is 1.52. The number of methoxy groups -OCH3 is 3. The first-order valence-electron chi connectivity index (χ1n) is 9.26. The fraction of sp³-hybridized carbons (Fsp3) is 0.350. The van der Waals surface area contributed by atoms with Gasteiger partial charge in [-0.05, 0) is 76.6 Å². The Kier molecular flexibility index (Phi) is 5.50. The first-order valence-corrected chi connectivity index (χ1v) is 9.67.